The smallest absolute Gasteiger partial charge is 0.270 e. The summed E-state index contributed by atoms with van der Waals surface area (Å²) in [7, 11) is 0. The van der Waals surface area contributed by atoms with Crippen molar-refractivity contribution in [3.63, 3.8) is 0 Å². The molecule has 0 fully saturated rings. The van der Waals surface area contributed by atoms with Gasteiger partial charge in [0.1, 0.15) is 6.29 Å². The molecule has 0 radical (unpaired) electrons. The number of alkyl halides is 1. The van der Waals surface area contributed by atoms with Crippen molar-refractivity contribution in [1.82, 2.24) is 4.57 Å². The molecule has 5 nitrogen and oxygen atoms in total. The maximum atomic E-state index is 12.1. The quantitative estimate of drug-likeness (QED) is 0.114. The van der Waals surface area contributed by atoms with E-state index >= 15 is 0 Å². The minimum Gasteiger partial charge on any atom is -0.340 e. The fraction of sp³-hybridized carbons (Fsp3) is 0.320. The number of aromatic nitrogens is 1. The summed E-state index contributed by atoms with van der Waals surface area (Å²) >= 11 is 3.48. The number of rotatable bonds is 9. The normalized spacial score (nSPS) is 18.1. The predicted octanol–water partition coefficient (Wildman–Crippen LogP) is 6.61. The van der Waals surface area contributed by atoms with Crippen LogP contribution in [0.15, 0.2) is 60.7 Å². The minimum atomic E-state index is -0.687. The number of non-ortho nitro benzene ring substituents is 1. The Morgan fingerprint density at radius 3 is 2.45 bits per heavy atom. The monoisotopic (exact) mass is 480 g/mol. The topological polar surface area (TPSA) is 65.1 Å². The Balaban J connectivity index is 1.83. The number of hydrogen-bond acceptors (Lipinski definition) is 3. The molecule has 3 aromatic rings. The molecule has 1 aliphatic carbocycles. The van der Waals surface area contributed by atoms with E-state index in [0.29, 0.717) is 6.42 Å². The average Bonchev–Trinajstić information content (AvgIpc) is 3.11. The van der Waals surface area contributed by atoms with Gasteiger partial charge in [-0.3, -0.25) is 10.1 Å². The Bertz CT molecular complexity index is 1190. The molecule has 0 N–H and O–H groups in total. The van der Waals surface area contributed by atoms with E-state index in [1.54, 1.807) is 12.1 Å². The van der Waals surface area contributed by atoms with Gasteiger partial charge in [0, 0.05) is 45.8 Å². The molecule has 1 aliphatic rings. The lowest BCUT2D eigenvalue weighted by atomic mass is 9.76. The number of aldehydes is 1. The average molecular weight is 481 g/mol. The molecule has 0 saturated carbocycles. The Morgan fingerprint density at radius 2 is 1.77 bits per heavy atom. The zero-order chi connectivity index (χ0) is 21.8. The largest absolute Gasteiger partial charge is 0.340 e. The summed E-state index contributed by atoms with van der Waals surface area (Å²) in [6.07, 6.45) is 13.9. The number of carbonyl (C=O) groups excluding carboxylic acids is 1. The van der Waals surface area contributed by atoms with Gasteiger partial charge in [0.2, 0.25) is 0 Å². The van der Waals surface area contributed by atoms with Crippen LogP contribution in [0.25, 0.3) is 21.8 Å². The molecule has 4 rings (SSSR count). The van der Waals surface area contributed by atoms with Crippen molar-refractivity contribution < 1.29 is 9.72 Å². The van der Waals surface area contributed by atoms with Crippen molar-refractivity contribution in [1.29, 1.82) is 0 Å². The SMILES string of the molecule is O=CC1(c2ccc3c(c2)c2cc([N+](=O)[O-])ccc2n3CCCCCCBr)C=CC=CC1. The maximum Gasteiger partial charge on any atom is 0.270 e. The first-order valence-electron chi connectivity index (χ1n) is 10.7. The molecular formula is C25H25BrN2O3. The van der Waals surface area contributed by atoms with Crippen LogP contribution in [-0.4, -0.2) is 21.1 Å². The number of allylic oxidation sites excluding steroid dienone is 4. The number of nitrogens with zero attached hydrogens (tertiary/aromatic N) is 2. The van der Waals surface area contributed by atoms with Crippen LogP contribution in [0.2, 0.25) is 0 Å². The molecule has 31 heavy (non-hydrogen) atoms. The van der Waals surface area contributed by atoms with E-state index in [0.717, 1.165) is 58.4 Å². The second-order valence-corrected chi connectivity index (χ2v) is 8.89. The number of carbonyl (C=O) groups is 1. The summed E-state index contributed by atoms with van der Waals surface area (Å²) in [6.45, 7) is 0.862. The second kappa shape index (κ2) is 9.18. The van der Waals surface area contributed by atoms with Crippen LogP contribution in [0.3, 0.4) is 0 Å². The maximum absolute atomic E-state index is 12.1. The number of benzene rings is 2. The van der Waals surface area contributed by atoms with Crippen LogP contribution in [0.5, 0.6) is 0 Å². The number of halogens is 1. The molecule has 0 saturated heterocycles. The first-order valence-corrected chi connectivity index (χ1v) is 11.8. The standard InChI is InChI=1S/C25H25BrN2O3/c26-14-6-1-2-7-15-27-23-10-8-19(25(18-29)12-4-3-5-13-25)16-21(23)22-17-20(28(30)31)9-11-24(22)27/h3-5,8-12,16-18H,1-2,6-7,13-15H2. The Hall–Kier alpha value is -2.73. The molecule has 0 bridgehead atoms. The van der Waals surface area contributed by atoms with Gasteiger partial charge in [-0.25, -0.2) is 0 Å². The summed E-state index contributed by atoms with van der Waals surface area (Å²) < 4.78 is 2.26. The Morgan fingerprint density at radius 1 is 1.03 bits per heavy atom. The van der Waals surface area contributed by atoms with Gasteiger partial charge in [-0.15, -0.1) is 0 Å². The number of fused-ring (bicyclic) bond motifs is 3. The van der Waals surface area contributed by atoms with Crippen LogP contribution in [0.1, 0.15) is 37.7 Å². The van der Waals surface area contributed by atoms with Gasteiger partial charge in [-0.1, -0.05) is 59.1 Å². The molecule has 0 amide bonds. The fourth-order valence-corrected chi connectivity index (χ4v) is 4.86. The van der Waals surface area contributed by atoms with Crippen LogP contribution < -0.4 is 0 Å². The third-order valence-corrected chi connectivity index (χ3v) is 6.73. The van der Waals surface area contributed by atoms with Crippen molar-refractivity contribution in [3.8, 4) is 0 Å². The van der Waals surface area contributed by atoms with Crippen molar-refractivity contribution in [2.75, 3.05) is 5.33 Å². The zero-order valence-electron chi connectivity index (χ0n) is 17.3. The Kier molecular flexibility index (Phi) is 6.37. The summed E-state index contributed by atoms with van der Waals surface area (Å²) in [6, 6.07) is 11.2. The fourth-order valence-electron chi connectivity index (χ4n) is 4.46. The van der Waals surface area contributed by atoms with E-state index in [9.17, 15) is 14.9 Å². The van der Waals surface area contributed by atoms with Crippen LogP contribution >= 0.6 is 15.9 Å². The van der Waals surface area contributed by atoms with Crippen molar-refractivity contribution in [2.45, 2.75) is 44.1 Å². The highest BCUT2D eigenvalue weighted by atomic mass is 79.9. The second-order valence-electron chi connectivity index (χ2n) is 8.09. The highest BCUT2D eigenvalue weighted by molar-refractivity contribution is 9.09. The van der Waals surface area contributed by atoms with E-state index in [1.165, 1.54) is 12.8 Å². The number of hydrogen-bond donors (Lipinski definition) is 0. The van der Waals surface area contributed by atoms with Gasteiger partial charge in [0.25, 0.3) is 5.69 Å². The highest BCUT2D eigenvalue weighted by Gasteiger charge is 2.29. The molecule has 160 valence electrons. The molecular weight excluding hydrogens is 456 g/mol. The van der Waals surface area contributed by atoms with Gasteiger partial charge in [-0.05, 0) is 43.0 Å². The molecule has 2 aromatic carbocycles. The molecule has 6 heteroatoms. The van der Waals surface area contributed by atoms with Gasteiger partial charge in [0.15, 0.2) is 0 Å². The minimum absolute atomic E-state index is 0.0832. The third kappa shape index (κ3) is 4.09. The van der Waals surface area contributed by atoms with E-state index in [-0.39, 0.29) is 10.6 Å². The van der Waals surface area contributed by atoms with Crippen LogP contribution in [-0.2, 0) is 16.8 Å². The Labute approximate surface area is 189 Å². The number of unbranched alkanes of at least 4 members (excludes halogenated alkanes) is 3. The van der Waals surface area contributed by atoms with Crippen molar-refractivity contribution >= 4 is 49.7 Å². The first kappa shape index (κ1) is 21.5. The van der Waals surface area contributed by atoms with Gasteiger partial charge in [0.05, 0.1) is 10.3 Å². The molecule has 1 unspecified atom stereocenters. The zero-order valence-corrected chi connectivity index (χ0v) is 18.9. The van der Waals surface area contributed by atoms with Crippen LogP contribution in [0, 0.1) is 10.1 Å². The molecule has 1 aromatic heterocycles. The van der Waals surface area contributed by atoms with Gasteiger partial charge in [-0.2, -0.15) is 0 Å². The molecule has 1 atom stereocenters. The van der Waals surface area contributed by atoms with E-state index in [4.69, 9.17) is 0 Å². The molecule has 1 heterocycles. The summed E-state index contributed by atoms with van der Waals surface area (Å²) in [4.78, 5) is 23.1. The first-order chi connectivity index (χ1) is 15.1. The lowest BCUT2D eigenvalue weighted by Gasteiger charge is -2.25. The predicted molar refractivity (Wildman–Crippen MR) is 129 cm³/mol. The third-order valence-electron chi connectivity index (χ3n) is 6.17. The van der Waals surface area contributed by atoms with Crippen molar-refractivity contribution in [3.05, 3.63) is 76.4 Å². The van der Waals surface area contributed by atoms with E-state index in [2.05, 4.69) is 26.6 Å². The number of nitro benzene ring substituents is 1. The van der Waals surface area contributed by atoms with Gasteiger partial charge >= 0.3 is 0 Å². The van der Waals surface area contributed by atoms with Gasteiger partial charge < -0.3 is 9.36 Å². The summed E-state index contributed by atoms with van der Waals surface area (Å²) in [5.74, 6) is 0. The van der Waals surface area contributed by atoms with Crippen LogP contribution in [0.4, 0.5) is 5.69 Å². The molecule has 0 spiro atoms. The highest BCUT2D eigenvalue weighted by Crippen LogP contribution is 2.37. The summed E-state index contributed by atoms with van der Waals surface area (Å²) in [5.41, 5.74) is 2.36. The van der Waals surface area contributed by atoms with Crippen molar-refractivity contribution in [2.24, 2.45) is 0 Å². The number of nitro groups is 1. The number of aryl methyl sites for hydroxylation is 1. The molecule has 0 aliphatic heterocycles. The van der Waals surface area contributed by atoms with E-state index in [1.807, 2.05) is 42.5 Å². The van der Waals surface area contributed by atoms with E-state index < -0.39 is 5.41 Å². The lowest BCUT2D eigenvalue weighted by Crippen LogP contribution is -2.25. The lowest BCUT2D eigenvalue weighted by molar-refractivity contribution is -0.384. The summed E-state index contributed by atoms with van der Waals surface area (Å²) in [5, 5.41) is 14.3.